The van der Waals surface area contributed by atoms with Gasteiger partial charge in [-0.3, -0.25) is 4.68 Å². The molecule has 2 heterocycles. The van der Waals surface area contributed by atoms with E-state index < -0.39 is 0 Å². The lowest BCUT2D eigenvalue weighted by Crippen LogP contribution is -2.44. The Morgan fingerprint density at radius 3 is 2.61 bits per heavy atom. The van der Waals surface area contributed by atoms with Crippen LogP contribution in [0.2, 0.25) is 0 Å². The molecule has 1 N–H and O–H groups in total. The standard InChI is InChI=1S/C23H28N4O/c1-17-14-18(2)27(25-17)16-19-10-12-26(13-11-19)23(28)24-15-21-8-5-7-20-6-3-4-9-22(20)21/h3-9,14,19H,10-13,15-16H2,1-2H3,(H,24,28). The summed E-state index contributed by atoms with van der Waals surface area (Å²) in [6, 6.07) is 16.7. The fourth-order valence-corrected chi connectivity index (χ4v) is 4.15. The van der Waals surface area contributed by atoms with Crippen molar-refractivity contribution in [2.24, 2.45) is 5.92 Å². The molecule has 1 saturated heterocycles. The molecule has 4 rings (SSSR count). The highest BCUT2D eigenvalue weighted by molar-refractivity contribution is 5.86. The van der Waals surface area contributed by atoms with Gasteiger partial charge in [0.1, 0.15) is 0 Å². The van der Waals surface area contributed by atoms with Gasteiger partial charge in [0.05, 0.1) is 5.69 Å². The van der Waals surface area contributed by atoms with Crippen LogP contribution in [0.3, 0.4) is 0 Å². The third-order valence-corrected chi connectivity index (χ3v) is 5.75. The lowest BCUT2D eigenvalue weighted by molar-refractivity contribution is 0.163. The van der Waals surface area contributed by atoms with Crippen molar-refractivity contribution in [3.05, 3.63) is 65.5 Å². The number of aryl methyl sites for hydroxylation is 2. The lowest BCUT2D eigenvalue weighted by atomic mass is 9.97. The molecule has 28 heavy (non-hydrogen) atoms. The highest BCUT2D eigenvalue weighted by Gasteiger charge is 2.23. The number of amides is 2. The topological polar surface area (TPSA) is 50.2 Å². The molecule has 1 aromatic heterocycles. The van der Waals surface area contributed by atoms with E-state index in [4.69, 9.17) is 0 Å². The molecule has 0 radical (unpaired) electrons. The first-order valence-corrected chi connectivity index (χ1v) is 10.1. The highest BCUT2D eigenvalue weighted by atomic mass is 16.2. The monoisotopic (exact) mass is 376 g/mol. The minimum absolute atomic E-state index is 0.0394. The average Bonchev–Trinajstić information content (AvgIpc) is 3.03. The lowest BCUT2D eigenvalue weighted by Gasteiger charge is -2.32. The van der Waals surface area contributed by atoms with Crippen molar-refractivity contribution in [3.8, 4) is 0 Å². The van der Waals surface area contributed by atoms with E-state index in [-0.39, 0.29) is 6.03 Å². The van der Waals surface area contributed by atoms with Gasteiger partial charge in [-0.1, -0.05) is 42.5 Å². The maximum absolute atomic E-state index is 12.6. The van der Waals surface area contributed by atoms with Gasteiger partial charge in [-0.2, -0.15) is 5.10 Å². The summed E-state index contributed by atoms with van der Waals surface area (Å²) in [5.74, 6) is 0.583. The van der Waals surface area contributed by atoms with Crippen molar-refractivity contribution < 1.29 is 4.79 Å². The number of nitrogens with zero attached hydrogens (tertiary/aromatic N) is 3. The molecule has 1 fully saturated rings. The van der Waals surface area contributed by atoms with Gasteiger partial charge in [0.25, 0.3) is 0 Å². The molecular weight excluding hydrogens is 348 g/mol. The maximum atomic E-state index is 12.6. The number of hydrogen-bond acceptors (Lipinski definition) is 2. The van der Waals surface area contributed by atoms with Crippen molar-refractivity contribution in [1.29, 1.82) is 0 Å². The normalized spacial score (nSPS) is 15.1. The fourth-order valence-electron chi connectivity index (χ4n) is 4.15. The van der Waals surface area contributed by atoms with Crippen LogP contribution in [0.1, 0.15) is 29.8 Å². The van der Waals surface area contributed by atoms with Crippen LogP contribution in [0.4, 0.5) is 4.79 Å². The Labute approximate surface area is 166 Å². The third-order valence-electron chi connectivity index (χ3n) is 5.75. The van der Waals surface area contributed by atoms with E-state index >= 15 is 0 Å². The van der Waals surface area contributed by atoms with Gasteiger partial charge < -0.3 is 10.2 Å². The molecule has 146 valence electrons. The molecule has 0 bridgehead atoms. The number of urea groups is 1. The second-order valence-corrected chi connectivity index (χ2v) is 7.84. The second kappa shape index (κ2) is 8.05. The molecule has 0 aliphatic carbocycles. The van der Waals surface area contributed by atoms with Crippen LogP contribution in [-0.4, -0.2) is 33.8 Å². The number of hydrogen-bond donors (Lipinski definition) is 1. The fraction of sp³-hybridized carbons (Fsp3) is 0.391. The van der Waals surface area contributed by atoms with Crippen LogP contribution in [0.25, 0.3) is 10.8 Å². The molecule has 2 amide bonds. The van der Waals surface area contributed by atoms with Gasteiger partial charge in [0.2, 0.25) is 0 Å². The van der Waals surface area contributed by atoms with Gasteiger partial charge in [-0.25, -0.2) is 4.79 Å². The summed E-state index contributed by atoms with van der Waals surface area (Å²) in [7, 11) is 0. The first kappa shape index (κ1) is 18.5. The maximum Gasteiger partial charge on any atom is 0.317 e. The molecular formula is C23H28N4O. The van der Waals surface area contributed by atoms with E-state index in [1.165, 1.54) is 16.5 Å². The zero-order chi connectivity index (χ0) is 19.5. The Morgan fingerprint density at radius 1 is 1.11 bits per heavy atom. The van der Waals surface area contributed by atoms with Crippen LogP contribution in [-0.2, 0) is 13.1 Å². The number of benzene rings is 2. The molecule has 1 aliphatic heterocycles. The largest absolute Gasteiger partial charge is 0.334 e. The summed E-state index contributed by atoms with van der Waals surface area (Å²) in [5.41, 5.74) is 3.45. The van der Waals surface area contributed by atoms with Crippen molar-refractivity contribution in [2.45, 2.75) is 39.8 Å². The minimum atomic E-state index is 0.0394. The molecule has 0 unspecified atom stereocenters. The van der Waals surface area contributed by atoms with Crippen molar-refractivity contribution in [2.75, 3.05) is 13.1 Å². The van der Waals surface area contributed by atoms with E-state index in [0.29, 0.717) is 12.5 Å². The minimum Gasteiger partial charge on any atom is -0.334 e. The number of aromatic nitrogens is 2. The third kappa shape index (κ3) is 4.03. The summed E-state index contributed by atoms with van der Waals surface area (Å²) in [6.45, 7) is 7.27. The van der Waals surface area contributed by atoms with Gasteiger partial charge in [-0.15, -0.1) is 0 Å². The molecule has 2 aromatic carbocycles. The van der Waals surface area contributed by atoms with E-state index in [1.807, 2.05) is 30.0 Å². The van der Waals surface area contributed by atoms with E-state index in [1.54, 1.807) is 0 Å². The Bertz CT molecular complexity index is 964. The molecule has 1 aliphatic rings. The quantitative estimate of drug-likeness (QED) is 0.739. The second-order valence-electron chi connectivity index (χ2n) is 7.84. The van der Waals surface area contributed by atoms with Crippen LogP contribution >= 0.6 is 0 Å². The highest BCUT2D eigenvalue weighted by Crippen LogP contribution is 2.21. The summed E-state index contributed by atoms with van der Waals surface area (Å²) in [4.78, 5) is 14.6. The zero-order valence-corrected chi connectivity index (χ0v) is 16.7. The van der Waals surface area contributed by atoms with Gasteiger partial charge >= 0.3 is 6.03 Å². The van der Waals surface area contributed by atoms with Crippen molar-refractivity contribution >= 4 is 16.8 Å². The predicted octanol–water partition coefficient (Wildman–Crippen LogP) is 4.27. The molecule has 0 spiro atoms. The van der Waals surface area contributed by atoms with Crippen LogP contribution in [0.15, 0.2) is 48.5 Å². The Kier molecular flexibility index (Phi) is 5.33. The molecule has 0 atom stereocenters. The predicted molar refractivity (Wildman–Crippen MR) is 112 cm³/mol. The van der Waals surface area contributed by atoms with Gasteiger partial charge in [0, 0.05) is 31.9 Å². The van der Waals surface area contributed by atoms with Crippen LogP contribution in [0.5, 0.6) is 0 Å². The Hall–Kier alpha value is -2.82. The molecule has 0 saturated carbocycles. The molecule has 5 nitrogen and oxygen atoms in total. The number of piperidine rings is 1. The summed E-state index contributed by atoms with van der Waals surface area (Å²) in [6.07, 6.45) is 2.06. The number of fused-ring (bicyclic) bond motifs is 1. The number of nitrogens with one attached hydrogen (secondary N) is 1. The SMILES string of the molecule is Cc1cc(C)n(CC2CCN(C(=O)NCc3cccc4ccccc34)CC2)n1. The Balaban J connectivity index is 1.30. The first-order valence-electron chi connectivity index (χ1n) is 10.1. The van der Waals surface area contributed by atoms with E-state index in [0.717, 1.165) is 43.7 Å². The molecule has 3 aromatic rings. The molecule has 5 heteroatoms. The summed E-state index contributed by atoms with van der Waals surface area (Å²) in [5, 5.41) is 10.1. The first-order chi connectivity index (χ1) is 13.6. The van der Waals surface area contributed by atoms with Crippen LogP contribution in [0, 0.1) is 19.8 Å². The van der Waals surface area contributed by atoms with Gasteiger partial charge in [-0.05, 0) is 55.0 Å². The van der Waals surface area contributed by atoms with E-state index in [2.05, 4.69) is 52.4 Å². The van der Waals surface area contributed by atoms with Crippen LogP contribution < -0.4 is 5.32 Å². The number of carbonyl (C=O) groups is 1. The van der Waals surface area contributed by atoms with Crippen molar-refractivity contribution in [1.82, 2.24) is 20.0 Å². The van der Waals surface area contributed by atoms with Gasteiger partial charge in [0.15, 0.2) is 0 Å². The smallest absolute Gasteiger partial charge is 0.317 e. The summed E-state index contributed by atoms with van der Waals surface area (Å²) < 4.78 is 2.11. The zero-order valence-electron chi connectivity index (χ0n) is 16.7. The van der Waals surface area contributed by atoms with E-state index in [9.17, 15) is 4.79 Å². The number of rotatable bonds is 4. The Morgan fingerprint density at radius 2 is 1.86 bits per heavy atom. The number of carbonyl (C=O) groups excluding carboxylic acids is 1. The number of likely N-dealkylation sites (tertiary alicyclic amines) is 1. The average molecular weight is 377 g/mol. The summed E-state index contributed by atoms with van der Waals surface area (Å²) >= 11 is 0. The van der Waals surface area contributed by atoms with Crippen molar-refractivity contribution in [3.63, 3.8) is 0 Å².